The Hall–Kier alpha value is -1.38. The first-order chi connectivity index (χ1) is 9.01. The van der Waals surface area contributed by atoms with E-state index in [9.17, 15) is 0 Å². The molecule has 1 aliphatic rings. The Balaban J connectivity index is 2.30. The Morgan fingerprint density at radius 2 is 2.05 bits per heavy atom. The fourth-order valence-corrected chi connectivity index (χ4v) is 3.03. The first-order valence-corrected chi connectivity index (χ1v) is 7.36. The maximum absolute atomic E-state index is 6.03. The van der Waals surface area contributed by atoms with Gasteiger partial charge < -0.3 is 15.4 Å². The van der Waals surface area contributed by atoms with Gasteiger partial charge in [0, 0.05) is 35.6 Å². The van der Waals surface area contributed by atoms with Gasteiger partial charge in [0.15, 0.2) is 0 Å². The SMILES string of the molecule is CCC1CCC(C)N1c1cc(N)cc(OC(C)C)c1. The van der Waals surface area contributed by atoms with Gasteiger partial charge in [0.1, 0.15) is 5.75 Å². The second-order valence-electron chi connectivity index (χ2n) is 5.82. The summed E-state index contributed by atoms with van der Waals surface area (Å²) in [6, 6.07) is 7.31. The zero-order valence-electron chi connectivity index (χ0n) is 12.5. The van der Waals surface area contributed by atoms with Crippen LogP contribution in [-0.2, 0) is 0 Å². The van der Waals surface area contributed by atoms with Crippen LogP contribution in [0.5, 0.6) is 5.75 Å². The smallest absolute Gasteiger partial charge is 0.123 e. The fraction of sp³-hybridized carbons (Fsp3) is 0.625. The molecule has 2 unspecified atom stereocenters. The summed E-state index contributed by atoms with van der Waals surface area (Å²) in [7, 11) is 0. The molecule has 106 valence electrons. The van der Waals surface area contributed by atoms with Crippen molar-refractivity contribution in [1.82, 2.24) is 0 Å². The van der Waals surface area contributed by atoms with Gasteiger partial charge in [0.05, 0.1) is 6.10 Å². The van der Waals surface area contributed by atoms with E-state index in [1.807, 2.05) is 19.9 Å². The van der Waals surface area contributed by atoms with E-state index in [0.29, 0.717) is 12.1 Å². The molecule has 1 aromatic carbocycles. The molecular formula is C16H26N2O. The van der Waals surface area contributed by atoms with Gasteiger partial charge in [-0.3, -0.25) is 0 Å². The van der Waals surface area contributed by atoms with Crippen LogP contribution in [0.1, 0.15) is 47.0 Å². The Labute approximate surface area is 116 Å². The summed E-state index contributed by atoms with van der Waals surface area (Å²) in [5, 5.41) is 0. The minimum Gasteiger partial charge on any atom is -0.491 e. The number of hydrogen-bond donors (Lipinski definition) is 1. The normalized spacial score (nSPS) is 23.1. The monoisotopic (exact) mass is 262 g/mol. The van der Waals surface area contributed by atoms with Crippen molar-refractivity contribution in [2.24, 2.45) is 0 Å². The molecule has 19 heavy (non-hydrogen) atoms. The summed E-state index contributed by atoms with van der Waals surface area (Å²) in [4.78, 5) is 2.50. The predicted octanol–water partition coefficient (Wildman–Crippen LogP) is 3.82. The van der Waals surface area contributed by atoms with Gasteiger partial charge in [-0.15, -0.1) is 0 Å². The molecule has 0 aromatic heterocycles. The van der Waals surface area contributed by atoms with Crippen LogP contribution in [0.25, 0.3) is 0 Å². The van der Waals surface area contributed by atoms with Gasteiger partial charge >= 0.3 is 0 Å². The molecule has 3 heteroatoms. The van der Waals surface area contributed by atoms with Crippen molar-refractivity contribution < 1.29 is 4.74 Å². The summed E-state index contributed by atoms with van der Waals surface area (Å²) >= 11 is 0. The van der Waals surface area contributed by atoms with Crippen LogP contribution in [0.4, 0.5) is 11.4 Å². The third kappa shape index (κ3) is 3.14. The third-order valence-electron chi connectivity index (χ3n) is 3.84. The van der Waals surface area contributed by atoms with E-state index in [4.69, 9.17) is 10.5 Å². The summed E-state index contributed by atoms with van der Waals surface area (Å²) in [5.74, 6) is 0.874. The van der Waals surface area contributed by atoms with Crippen LogP contribution in [-0.4, -0.2) is 18.2 Å². The van der Waals surface area contributed by atoms with Gasteiger partial charge in [-0.1, -0.05) is 6.92 Å². The fourth-order valence-electron chi connectivity index (χ4n) is 3.03. The van der Waals surface area contributed by atoms with Crippen LogP contribution in [0, 0.1) is 0 Å². The first-order valence-electron chi connectivity index (χ1n) is 7.36. The lowest BCUT2D eigenvalue weighted by molar-refractivity contribution is 0.242. The summed E-state index contributed by atoms with van der Waals surface area (Å²) in [6.07, 6.45) is 3.88. The number of nitrogens with zero attached hydrogens (tertiary/aromatic N) is 1. The molecule has 0 bridgehead atoms. The highest BCUT2D eigenvalue weighted by atomic mass is 16.5. The van der Waals surface area contributed by atoms with E-state index < -0.39 is 0 Å². The highest BCUT2D eigenvalue weighted by molar-refractivity contribution is 5.62. The molecule has 0 radical (unpaired) electrons. The molecule has 2 N–H and O–H groups in total. The molecule has 3 nitrogen and oxygen atoms in total. The summed E-state index contributed by atoms with van der Waals surface area (Å²) in [6.45, 7) is 8.63. The zero-order chi connectivity index (χ0) is 14.0. The topological polar surface area (TPSA) is 38.5 Å². The molecule has 1 aliphatic heterocycles. The minimum atomic E-state index is 0.174. The van der Waals surface area contributed by atoms with E-state index >= 15 is 0 Å². The van der Waals surface area contributed by atoms with Gasteiger partial charge in [-0.25, -0.2) is 0 Å². The van der Waals surface area contributed by atoms with Crippen molar-refractivity contribution in [3.63, 3.8) is 0 Å². The van der Waals surface area contributed by atoms with Crippen LogP contribution >= 0.6 is 0 Å². The molecule has 1 aromatic rings. The third-order valence-corrected chi connectivity index (χ3v) is 3.84. The Morgan fingerprint density at radius 3 is 2.68 bits per heavy atom. The Morgan fingerprint density at radius 1 is 1.32 bits per heavy atom. The quantitative estimate of drug-likeness (QED) is 0.838. The second kappa shape index (κ2) is 5.72. The molecule has 0 spiro atoms. The Kier molecular flexibility index (Phi) is 4.23. The van der Waals surface area contributed by atoms with Crippen molar-refractivity contribution in [2.75, 3.05) is 10.6 Å². The average Bonchev–Trinajstić information content (AvgIpc) is 2.68. The molecule has 1 saturated heterocycles. The number of benzene rings is 1. The van der Waals surface area contributed by atoms with E-state index in [2.05, 4.69) is 30.9 Å². The van der Waals surface area contributed by atoms with Gasteiger partial charge in [-0.2, -0.15) is 0 Å². The first kappa shape index (κ1) is 14.0. The lowest BCUT2D eigenvalue weighted by atomic mass is 10.1. The molecule has 0 amide bonds. The maximum Gasteiger partial charge on any atom is 0.123 e. The summed E-state index contributed by atoms with van der Waals surface area (Å²) in [5.41, 5.74) is 8.01. The van der Waals surface area contributed by atoms with Gasteiger partial charge in [-0.05, 0) is 46.1 Å². The number of nitrogen functional groups attached to an aromatic ring is 1. The lowest BCUT2D eigenvalue weighted by Crippen LogP contribution is -2.34. The van der Waals surface area contributed by atoms with Crippen molar-refractivity contribution in [3.8, 4) is 5.75 Å². The van der Waals surface area contributed by atoms with Crippen LogP contribution < -0.4 is 15.4 Å². The number of rotatable bonds is 4. The van der Waals surface area contributed by atoms with Crippen LogP contribution in [0.3, 0.4) is 0 Å². The number of nitrogens with two attached hydrogens (primary N) is 1. The van der Waals surface area contributed by atoms with Crippen LogP contribution in [0.2, 0.25) is 0 Å². The molecule has 0 aliphatic carbocycles. The largest absolute Gasteiger partial charge is 0.491 e. The summed E-state index contributed by atoms with van der Waals surface area (Å²) < 4.78 is 5.79. The van der Waals surface area contributed by atoms with Crippen molar-refractivity contribution >= 4 is 11.4 Å². The molecule has 1 fully saturated rings. The highest BCUT2D eigenvalue weighted by Crippen LogP contribution is 2.35. The lowest BCUT2D eigenvalue weighted by Gasteiger charge is -2.31. The molecule has 0 saturated carbocycles. The zero-order valence-corrected chi connectivity index (χ0v) is 12.5. The average molecular weight is 262 g/mol. The second-order valence-corrected chi connectivity index (χ2v) is 5.82. The number of hydrogen-bond acceptors (Lipinski definition) is 3. The maximum atomic E-state index is 6.03. The standard InChI is InChI=1S/C16H26N2O/c1-5-14-7-6-12(4)18(14)15-8-13(17)9-16(10-15)19-11(2)3/h8-12,14H,5-7,17H2,1-4H3. The van der Waals surface area contributed by atoms with E-state index in [0.717, 1.165) is 11.4 Å². The molecule has 2 rings (SSSR count). The highest BCUT2D eigenvalue weighted by Gasteiger charge is 2.29. The van der Waals surface area contributed by atoms with E-state index in [-0.39, 0.29) is 6.10 Å². The molecule has 1 heterocycles. The van der Waals surface area contributed by atoms with Gasteiger partial charge in [0.25, 0.3) is 0 Å². The predicted molar refractivity (Wildman–Crippen MR) is 81.9 cm³/mol. The van der Waals surface area contributed by atoms with Crippen molar-refractivity contribution in [1.29, 1.82) is 0 Å². The van der Waals surface area contributed by atoms with Gasteiger partial charge in [0.2, 0.25) is 0 Å². The molecular weight excluding hydrogens is 236 g/mol. The van der Waals surface area contributed by atoms with Crippen molar-refractivity contribution in [2.45, 2.75) is 65.1 Å². The molecule has 2 atom stereocenters. The number of ether oxygens (including phenoxy) is 1. The van der Waals surface area contributed by atoms with Crippen LogP contribution in [0.15, 0.2) is 18.2 Å². The van der Waals surface area contributed by atoms with Crippen molar-refractivity contribution in [3.05, 3.63) is 18.2 Å². The Bertz CT molecular complexity index is 431. The van der Waals surface area contributed by atoms with E-state index in [1.54, 1.807) is 0 Å². The minimum absolute atomic E-state index is 0.174. The number of anilines is 2. The van der Waals surface area contributed by atoms with E-state index in [1.165, 1.54) is 24.9 Å².